The molecule has 1 unspecified atom stereocenters. The maximum Gasteiger partial charge on any atom is 0.0141 e. The fourth-order valence-electron chi connectivity index (χ4n) is 1.98. The summed E-state index contributed by atoms with van der Waals surface area (Å²) in [5, 5.41) is 3.39. The fraction of sp³-hybridized carbons (Fsp3) is 0.500. The van der Waals surface area contributed by atoms with E-state index < -0.39 is 0 Å². The lowest BCUT2D eigenvalue weighted by molar-refractivity contribution is 0.549. The van der Waals surface area contributed by atoms with E-state index in [0.717, 1.165) is 19.3 Å². The van der Waals surface area contributed by atoms with Gasteiger partial charge in [0.2, 0.25) is 0 Å². The predicted octanol–water partition coefficient (Wildman–Crippen LogP) is 3.79. The van der Waals surface area contributed by atoms with Crippen molar-refractivity contribution in [3.8, 4) is 0 Å². The van der Waals surface area contributed by atoms with Gasteiger partial charge in [-0.1, -0.05) is 37.3 Å². The molecule has 0 amide bonds. The average molecular weight is 231 g/mol. The molecule has 0 fully saturated rings. The van der Waals surface area contributed by atoms with E-state index in [-0.39, 0.29) is 0 Å². The zero-order valence-electron chi connectivity index (χ0n) is 11.6. The van der Waals surface area contributed by atoms with Crippen molar-refractivity contribution in [1.29, 1.82) is 0 Å². The van der Waals surface area contributed by atoms with Crippen LogP contribution in [0.5, 0.6) is 0 Å². The predicted molar refractivity (Wildman–Crippen MR) is 76.5 cm³/mol. The van der Waals surface area contributed by atoms with E-state index in [1.165, 1.54) is 22.3 Å². The van der Waals surface area contributed by atoms with Crippen LogP contribution in [-0.4, -0.2) is 13.1 Å². The SMILES string of the molecule is C=C(CC)CC(Cc1ccc(C)c(C)c1)NC. The van der Waals surface area contributed by atoms with Crippen LogP contribution in [0.15, 0.2) is 30.4 Å². The second kappa shape index (κ2) is 6.61. The highest BCUT2D eigenvalue weighted by molar-refractivity contribution is 5.30. The van der Waals surface area contributed by atoms with Crippen molar-refractivity contribution < 1.29 is 0 Å². The first-order valence-electron chi connectivity index (χ1n) is 6.46. The molecule has 0 bridgehead atoms. The van der Waals surface area contributed by atoms with Crippen molar-refractivity contribution in [2.45, 2.75) is 46.1 Å². The molecule has 0 aromatic heterocycles. The Balaban J connectivity index is 2.67. The molecule has 0 radical (unpaired) electrons. The molecule has 1 nitrogen and oxygen atoms in total. The third kappa shape index (κ3) is 4.35. The largest absolute Gasteiger partial charge is 0.316 e. The minimum absolute atomic E-state index is 0.504. The Hall–Kier alpha value is -1.08. The van der Waals surface area contributed by atoms with Crippen molar-refractivity contribution in [3.05, 3.63) is 47.0 Å². The fourth-order valence-corrected chi connectivity index (χ4v) is 1.98. The van der Waals surface area contributed by atoms with Crippen LogP contribution >= 0.6 is 0 Å². The smallest absolute Gasteiger partial charge is 0.0141 e. The average Bonchev–Trinajstić information content (AvgIpc) is 2.32. The zero-order valence-corrected chi connectivity index (χ0v) is 11.6. The Morgan fingerprint density at radius 3 is 2.53 bits per heavy atom. The van der Waals surface area contributed by atoms with Gasteiger partial charge in [0.1, 0.15) is 0 Å². The van der Waals surface area contributed by atoms with Crippen LogP contribution in [-0.2, 0) is 6.42 Å². The van der Waals surface area contributed by atoms with Crippen LogP contribution in [0.1, 0.15) is 36.5 Å². The lowest BCUT2D eigenvalue weighted by Gasteiger charge is -2.17. The number of likely N-dealkylation sites (N-methyl/N-ethyl adjacent to an activating group) is 1. The van der Waals surface area contributed by atoms with Gasteiger partial charge in [0.25, 0.3) is 0 Å². The lowest BCUT2D eigenvalue weighted by atomic mass is 9.96. The van der Waals surface area contributed by atoms with Gasteiger partial charge >= 0.3 is 0 Å². The Kier molecular flexibility index (Phi) is 5.43. The lowest BCUT2D eigenvalue weighted by Crippen LogP contribution is -2.28. The summed E-state index contributed by atoms with van der Waals surface area (Å²) in [6, 6.07) is 7.26. The van der Waals surface area contributed by atoms with Gasteiger partial charge in [-0.3, -0.25) is 0 Å². The van der Waals surface area contributed by atoms with Gasteiger partial charge < -0.3 is 5.32 Å². The molecule has 0 saturated carbocycles. The Morgan fingerprint density at radius 1 is 1.29 bits per heavy atom. The second-order valence-corrected chi connectivity index (χ2v) is 4.92. The quantitative estimate of drug-likeness (QED) is 0.734. The highest BCUT2D eigenvalue weighted by Gasteiger charge is 2.08. The van der Waals surface area contributed by atoms with E-state index in [9.17, 15) is 0 Å². The molecular weight excluding hydrogens is 206 g/mol. The molecule has 17 heavy (non-hydrogen) atoms. The molecule has 1 N–H and O–H groups in total. The highest BCUT2D eigenvalue weighted by atomic mass is 14.9. The minimum Gasteiger partial charge on any atom is -0.316 e. The van der Waals surface area contributed by atoms with E-state index in [1.807, 2.05) is 7.05 Å². The molecule has 0 spiro atoms. The molecule has 0 aliphatic heterocycles. The van der Waals surface area contributed by atoms with Gasteiger partial charge in [-0.05, 0) is 56.8 Å². The third-order valence-electron chi connectivity index (χ3n) is 3.50. The first-order chi connectivity index (χ1) is 8.06. The number of hydrogen-bond donors (Lipinski definition) is 1. The number of benzene rings is 1. The summed E-state index contributed by atoms with van der Waals surface area (Å²) in [7, 11) is 2.04. The van der Waals surface area contributed by atoms with Crippen LogP contribution in [0, 0.1) is 13.8 Å². The second-order valence-electron chi connectivity index (χ2n) is 4.92. The topological polar surface area (TPSA) is 12.0 Å². The summed E-state index contributed by atoms with van der Waals surface area (Å²) in [6.07, 6.45) is 3.22. The zero-order chi connectivity index (χ0) is 12.8. The normalized spacial score (nSPS) is 12.5. The van der Waals surface area contributed by atoms with Crippen molar-refractivity contribution in [1.82, 2.24) is 5.32 Å². The summed E-state index contributed by atoms with van der Waals surface area (Å²) >= 11 is 0. The maximum atomic E-state index is 4.09. The molecule has 1 aromatic carbocycles. The van der Waals surface area contributed by atoms with Crippen molar-refractivity contribution in [2.24, 2.45) is 0 Å². The first-order valence-corrected chi connectivity index (χ1v) is 6.46. The number of nitrogens with one attached hydrogen (secondary N) is 1. The monoisotopic (exact) mass is 231 g/mol. The first kappa shape index (κ1) is 14.0. The minimum atomic E-state index is 0.504. The van der Waals surface area contributed by atoms with Crippen LogP contribution in [0.4, 0.5) is 0 Å². The summed E-state index contributed by atoms with van der Waals surface area (Å²) in [6.45, 7) is 10.6. The molecule has 0 saturated heterocycles. The van der Waals surface area contributed by atoms with Crippen molar-refractivity contribution in [3.63, 3.8) is 0 Å². The third-order valence-corrected chi connectivity index (χ3v) is 3.50. The van der Waals surface area contributed by atoms with Gasteiger partial charge in [0.15, 0.2) is 0 Å². The molecule has 1 rings (SSSR count). The van der Waals surface area contributed by atoms with Gasteiger partial charge in [-0.25, -0.2) is 0 Å². The summed E-state index contributed by atoms with van der Waals surface area (Å²) in [5.41, 5.74) is 5.49. The molecule has 0 aliphatic rings. The number of aryl methyl sites for hydroxylation is 2. The Bertz CT molecular complexity index is 379. The Labute approximate surface area is 106 Å². The van der Waals surface area contributed by atoms with Crippen molar-refractivity contribution in [2.75, 3.05) is 7.05 Å². The maximum absolute atomic E-state index is 4.09. The molecule has 0 heterocycles. The van der Waals surface area contributed by atoms with E-state index in [0.29, 0.717) is 6.04 Å². The molecule has 1 atom stereocenters. The number of rotatable bonds is 6. The molecule has 1 heteroatoms. The van der Waals surface area contributed by atoms with Crippen LogP contribution in [0.3, 0.4) is 0 Å². The molecule has 1 aromatic rings. The van der Waals surface area contributed by atoms with E-state index in [4.69, 9.17) is 0 Å². The van der Waals surface area contributed by atoms with Crippen LogP contribution < -0.4 is 5.32 Å². The van der Waals surface area contributed by atoms with Crippen LogP contribution in [0.2, 0.25) is 0 Å². The summed E-state index contributed by atoms with van der Waals surface area (Å²) in [4.78, 5) is 0. The van der Waals surface area contributed by atoms with Gasteiger partial charge in [-0.2, -0.15) is 0 Å². The number of hydrogen-bond acceptors (Lipinski definition) is 1. The van der Waals surface area contributed by atoms with Gasteiger partial charge in [0, 0.05) is 6.04 Å². The highest BCUT2D eigenvalue weighted by Crippen LogP contribution is 2.15. The van der Waals surface area contributed by atoms with E-state index in [1.54, 1.807) is 0 Å². The standard InChI is InChI=1S/C16H25N/c1-6-12(2)9-16(17-5)11-15-8-7-13(3)14(4)10-15/h7-8,10,16-17H,2,6,9,11H2,1,3-5H3. The molecular formula is C16H25N. The van der Waals surface area contributed by atoms with Crippen molar-refractivity contribution >= 4 is 0 Å². The molecule has 94 valence electrons. The van der Waals surface area contributed by atoms with E-state index in [2.05, 4.69) is 50.9 Å². The van der Waals surface area contributed by atoms with Gasteiger partial charge in [0.05, 0.1) is 0 Å². The van der Waals surface area contributed by atoms with Crippen LogP contribution in [0.25, 0.3) is 0 Å². The summed E-state index contributed by atoms with van der Waals surface area (Å²) in [5.74, 6) is 0. The van der Waals surface area contributed by atoms with Gasteiger partial charge in [-0.15, -0.1) is 0 Å². The Morgan fingerprint density at radius 2 is 2.00 bits per heavy atom. The summed E-state index contributed by atoms with van der Waals surface area (Å²) < 4.78 is 0. The molecule has 0 aliphatic carbocycles. The van der Waals surface area contributed by atoms with E-state index >= 15 is 0 Å².